The normalized spacial score (nSPS) is 10.2. The third-order valence-electron chi connectivity index (χ3n) is 3.36. The maximum absolute atomic E-state index is 12.3. The van der Waals surface area contributed by atoms with Crippen molar-refractivity contribution in [1.29, 1.82) is 0 Å². The van der Waals surface area contributed by atoms with Gasteiger partial charge >= 0.3 is 6.01 Å². The molecule has 0 unspecified atom stereocenters. The highest BCUT2D eigenvalue weighted by atomic mass is 16.5. The van der Waals surface area contributed by atoms with Crippen LogP contribution in [0, 0.1) is 0 Å². The van der Waals surface area contributed by atoms with Crippen LogP contribution in [0.1, 0.15) is 21.0 Å². The largest absolute Gasteiger partial charge is 0.497 e. The van der Waals surface area contributed by atoms with Crippen molar-refractivity contribution in [3.63, 3.8) is 0 Å². The molecule has 2 heterocycles. The molecule has 0 aliphatic carbocycles. The molecule has 9 nitrogen and oxygen atoms in total. The molecule has 2 aromatic heterocycles. The number of nitrogens with zero attached hydrogens (tertiary/aromatic N) is 1. The Balaban J connectivity index is 1.71. The SMILES string of the molecule is COc1ccc(OC)c(NC(=O)c2coc(NC(=O)c3ccco3)n2)c1. The molecule has 0 saturated heterocycles. The Morgan fingerprint density at radius 2 is 1.88 bits per heavy atom. The summed E-state index contributed by atoms with van der Waals surface area (Å²) in [5.74, 6) is 0.00837. The first kappa shape index (κ1) is 17.1. The van der Waals surface area contributed by atoms with Crippen LogP contribution in [-0.2, 0) is 0 Å². The average Bonchev–Trinajstić information content (AvgIpc) is 3.33. The molecule has 0 aliphatic heterocycles. The van der Waals surface area contributed by atoms with E-state index in [1.54, 1.807) is 24.3 Å². The van der Waals surface area contributed by atoms with Gasteiger partial charge in [-0.2, -0.15) is 4.98 Å². The van der Waals surface area contributed by atoms with Crippen molar-refractivity contribution in [2.75, 3.05) is 24.9 Å². The van der Waals surface area contributed by atoms with E-state index < -0.39 is 11.8 Å². The van der Waals surface area contributed by atoms with Gasteiger partial charge in [0.05, 0.1) is 26.2 Å². The summed E-state index contributed by atoms with van der Waals surface area (Å²) < 4.78 is 20.4. The van der Waals surface area contributed by atoms with E-state index >= 15 is 0 Å². The molecule has 0 fully saturated rings. The standard InChI is InChI=1S/C17H15N3O6/c1-23-10-5-6-13(24-2)11(8-10)18-15(21)12-9-26-17(19-12)20-16(22)14-4-3-7-25-14/h3-9H,1-2H3,(H,18,21)(H,19,20,22). The van der Waals surface area contributed by atoms with E-state index in [9.17, 15) is 9.59 Å². The summed E-state index contributed by atoms with van der Waals surface area (Å²) in [5.41, 5.74) is 0.380. The molecule has 2 N–H and O–H groups in total. The minimum absolute atomic E-state index is 0.0235. The highest BCUT2D eigenvalue weighted by Gasteiger charge is 2.17. The maximum atomic E-state index is 12.3. The first-order valence-electron chi connectivity index (χ1n) is 7.44. The van der Waals surface area contributed by atoms with Crippen molar-refractivity contribution in [3.05, 3.63) is 54.3 Å². The molecule has 0 atom stereocenters. The van der Waals surface area contributed by atoms with Crippen LogP contribution in [0.2, 0.25) is 0 Å². The number of nitrogens with one attached hydrogen (secondary N) is 2. The topological polar surface area (TPSA) is 116 Å². The molecule has 26 heavy (non-hydrogen) atoms. The highest BCUT2D eigenvalue weighted by Crippen LogP contribution is 2.29. The number of rotatable bonds is 6. The van der Waals surface area contributed by atoms with Gasteiger partial charge in [-0.15, -0.1) is 0 Å². The fraction of sp³-hybridized carbons (Fsp3) is 0.118. The van der Waals surface area contributed by atoms with E-state index in [1.165, 1.54) is 26.5 Å². The quantitative estimate of drug-likeness (QED) is 0.697. The molecule has 134 valence electrons. The molecule has 1 aromatic carbocycles. The summed E-state index contributed by atoms with van der Waals surface area (Å²) in [4.78, 5) is 28.1. The van der Waals surface area contributed by atoms with Gasteiger partial charge in [-0.1, -0.05) is 0 Å². The Morgan fingerprint density at radius 3 is 2.58 bits per heavy atom. The molecule has 0 radical (unpaired) electrons. The second kappa shape index (κ2) is 7.43. The van der Waals surface area contributed by atoms with Gasteiger partial charge in [0.2, 0.25) is 0 Å². The van der Waals surface area contributed by atoms with E-state index in [0.717, 1.165) is 6.26 Å². The number of furan rings is 1. The predicted octanol–water partition coefficient (Wildman–Crippen LogP) is 2.79. The lowest BCUT2D eigenvalue weighted by Crippen LogP contribution is -2.14. The smallest absolute Gasteiger partial charge is 0.302 e. The number of carbonyl (C=O) groups is 2. The van der Waals surface area contributed by atoms with Crippen LogP contribution in [-0.4, -0.2) is 31.0 Å². The van der Waals surface area contributed by atoms with Gasteiger partial charge in [-0.25, -0.2) is 0 Å². The van der Waals surface area contributed by atoms with Crippen LogP contribution in [0.4, 0.5) is 11.7 Å². The number of aromatic nitrogens is 1. The van der Waals surface area contributed by atoms with Crippen molar-refractivity contribution >= 4 is 23.5 Å². The van der Waals surface area contributed by atoms with Gasteiger partial charge in [-0.05, 0) is 24.3 Å². The molecule has 3 aromatic rings. The summed E-state index contributed by atoms with van der Waals surface area (Å²) in [7, 11) is 2.99. The van der Waals surface area contributed by atoms with Crippen molar-refractivity contribution in [1.82, 2.24) is 4.98 Å². The van der Waals surface area contributed by atoms with Crippen LogP contribution in [0.15, 0.2) is 51.7 Å². The number of oxazole rings is 1. The molecular formula is C17H15N3O6. The Morgan fingerprint density at radius 1 is 1.04 bits per heavy atom. The van der Waals surface area contributed by atoms with Gasteiger partial charge in [0, 0.05) is 6.07 Å². The second-order valence-electron chi connectivity index (χ2n) is 4.99. The zero-order valence-electron chi connectivity index (χ0n) is 13.9. The van der Waals surface area contributed by atoms with E-state index in [1.807, 2.05) is 0 Å². The summed E-state index contributed by atoms with van der Waals surface area (Å²) >= 11 is 0. The van der Waals surface area contributed by atoms with Gasteiger partial charge in [0.15, 0.2) is 11.5 Å². The van der Waals surface area contributed by atoms with Crippen molar-refractivity contribution in [2.24, 2.45) is 0 Å². The summed E-state index contributed by atoms with van der Waals surface area (Å²) in [6.45, 7) is 0. The zero-order valence-corrected chi connectivity index (χ0v) is 13.9. The van der Waals surface area contributed by atoms with Crippen LogP contribution >= 0.6 is 0 Å². The number of hydrogen-bond donors (Lipinski definition) is 2. The van der Waals surface area contributed by atoms with Gasteiger partial charge in [0.1, 0.15) is 17.8 Å². The predicted molar refractivity (Wildman–Crippen MR) is 90.7 cm³/mol. The number of hydrogen-bond acceptors (Lipinski definition) is 7. The van der Waals surface area contributed by atoms with Gasteiger partial charge in [0.25, 0.3) is 11.8 Å². The minimum atomic E-state index is -0.543. The fourth-order valence-corrected chi connectivity index (χ4v) is 2.10. The van der Waals surface area contributed by atoms with Crippen molar-refractivity contribution in [3.8, 4) is 11.5 Å². The second-order valence-corrected chi connectivity index (χ2v) is 4.99. The number of amides is 2. The van der Waals surface area contributed by atoms with Crippen LogP contribution in [0.25, 0.3) is 0 Å². The van der Waals surface area contributed by atoms with Crippen LogP contribution in [0.5, 0.6) is 11.5 Å². The van der Waals surface area contributed by atoms with Gasteiger partial charge < -0.3 is 23.6 Å². The summed E-state index contributed by atoms with van der Waals surface area (Å²) in [6.07, 6.45) is 2.49. The average molecular weight is 357 g/mol. The van der Waals surface area contributed by atoms with Crippen LogP contribution in [0.3, 0.4) is 0 Å². The highest BCUT2D eigenvalue weighted by molar-refractivity contribution is 6.04. The number of anilines is 2. The molecule has 0 spiro atoms. The monoisotopic (exact) mass is 357 g/mol. The lowest BCUT2D eigenvalue weighted by atomic mass is 10.2. The Labute approximate surface area is 147 Å². The van der Waals surface area contributed by atoms with E-state index in [-0.39, 0.29) is 17.5 Å². The molecular weight excluding hydrogens is 342 g/mol. The van der Waals surface area contributed by atoms with Gasteiger partial charge in [-0.3, -0.25) is 14.9 Å². The third kappa shape index (κ3) is 3.66. The van der Waals surface area contributed by atoms with E-state index in [2.05, 4.69) is 15.6 Å². The zero-order chi connectivity index (χ0) is 18.5. The Hall–Kier alpha value is -3.75. The lowest BCUT2D eigenvalue weighted by Gasteiger charge is -2.10. The number of ether oxygens (including phenoxy) is 2. The fourth-order valence-electron chi connectivity index (χ4n) is 2.10. The van der Waals surface area contributed by atoms with E-state index in [4.69, 9.17) is 18.3 Å². The minimum Gasteiger partial charge on any atom is -0.497 e. The molecule has 0 aliphatic rings. The Bertz CT molecular complexity index is 916. The molecule has 3 rings (SSSR count). The van der Waals surface area contributed by atoms with Crippen molar-refractivity contribution < 1.29 is 27.9 Å². The third-order valence-corrected chi connectivity index (χ3v) is 3.36. The number of benzene rings is 1. The summed E-state index contributed by atoms with van der Waals surface area (Å²) in [6, 6.07) is 7.90. The first-order chi connectivity index (χ1) is 12.6. The first-order valence-corrected chi connectivity index (χ1v) is 7.44. The van der Waals surface area contributed by atoms with Crippen LogP contribution < -0.4 is 20.1 Å². The number of carbonyl (C=O) groups excluding carboxylic acids is 2. The molecule has 9 heteroatoms. The lowest BCUT2D eigenvalue weighted by molar-refractivity contribution is 0.0990. The Kier molecular flexibility index (Phi) is 4.88. The van der Waals surface area contributed by atoms with E-state index in [0.29, 0.717) is 17.2 Å². The number of methoxy groups -OCH3 is 2. The molecule has 0 bridgehead atoms. The van der Waals surface area contributed by atoms with Crippen molar-refractivity contribution in [2.45, 2.75) is 0 Å². The summed E-state index contributed by atoms with van der Waals surface area (Å²) in [5, 5.41) is 5.04. The maximum Gasteiger partial charge on any atom is 0.302 e. The molecule has 0 saturated carbocycles. The molecule has 2 amide bonds.